The Labute approximate surface area is 180 Å². The number of aromatic nitrogens is 1. The number of amides is 1. The lowest BCUT2D eigenvalue weighted by Gasteiger charge is -2.37. The molecule has 2 aliphatic rings. The molecule has 1 unspecified atom stereocenters. The van der Waals surface area contributed by atoms with Gasteiger partial charge in [0, 0.05) is 18.3 Å². The zero-order valence-corrected chi connectivity index (χ0v) is 17.8. The lowest BCUT2D eigenvalue weighted by molar-refractivity contribution is -0.116. The van der Waals surface area contributed by atoms with Crippen LogP contribution in [0.2, 0.25) is 0 Å². The molecule has 2 heterocycles. The Kier molecular flexibility index (Phi) is 7.30. The van der Waals surface area contributed by atoms with Crippen LogP contribution in [0.4, 0.5) is 0 Å². The summed E-state index contributed by atoms with van der Waals surface area (Å²) in [5, 5.41) is 2.97. The number of rotatable bonds is 7. The molecule has 1 saturated heterocycles. The molecule has 1 aromatic carbocycles. The van der Waals surface area contributed by atoms with Crippen LogP contribution in [0.5, 0.6) is 0 Å². The zero-order chi connectivity index (χ0) is 20.6. The van der Waals surface area contributed by atoms with Gasteiger partial charge in [0.05, 0.1) is 12.2 Å². The van der Waals surface area contributed by atoms with Crippen molar-refractivity contribution in [2.75, 3.05) is 13.1 Å². The highest BCUT2D eigenvalue weighted by molar-refractivity contribution is 5.88. The number of benzene rings is 1. The number of nitrogens with zero attached hydrogens (tertiary/aromatic N) is 2. The van der Waals surface area contributed by atoms with E-state index in [1.807, 2.05) is 24.3 Å². The highest BCUT2D eigenvalue weighted by Crippen LogP contribution is 2.34. The van der Waals surface area contributed by atoms with E-state index in [9.17, 15) is 4.79 Å². The maximum absolute atomic E-state index is 12.3. The van der Waals surface area contributed by atoms with Crippen molar-refractivity contribution in [2.45, 2.75) is 57.5 Å². The smallest absolute Gasteiger partial charge is 0.244 e. The molecule has 0 spiro atoms. The Morgan fingerprint density at radius 2 is 1.80 bits per heavy atom. The van der Waals surface area contributed by atoms with E-state index in [4.69, 9.17) is 0 Å². The molecule has 1 aliphatic heterocycles. The Hall–Kier alpha value is -2.46. The van der Waals surface area contributed by atoms with E-state index in [1.54, 1.807) is 6.20 Å². The topological polar surface area (TPSA) is 45.2 Å². The van der Waals surface area contributed by atoms with Crippen LogP contribution in [-0.4, -0.2) is 34.9 Å². The molecule has 1 amide bonds. The van der Waals surface area contributed by atoms with Gasteiger partial charge >= 0.3 is 0 Å². The van der Waals surface area contributed by atoms with Crippen LogP contribution >= 0.6 is 0 Å². The highest BCUT2D eigenvalue weighted by atomic mass is 16.1. The monoisotopic (exact) mass is 403 g/mol. The van der Waals surface area contributed by atoms with E-state index in [-0.39, 0.29) is 5.91 Å². The van der Waals surface area contributed by atoms with Gasteiger partial charge < -0.3 is 5.32 Å². The van der Waals surface area contributed by atoms with Crippen molar-refractivity contribution in [3.63, 3.8) is 0 Å². The number of nitrogens with one attached hydrogen (secondary N) is 1. The van der Waals surface area contributed by atoms with Gasteiger partial charge in [-0.15, -0.1) is 0 Å². The van der Waals surface area contributed by atoms with E-state index < -0.39 is 0 Å². The molecule has 4 heteroatoms. The Bertz CT molecular complexity index is 818. The summed E-state index contributed by atoms with van der Waals surface area (Å²) in [7, 11) is 0. The summed E-state index contributed by atoms with van der Waals surface area (Å²) in [4.78, 5) is 19.3. The van der Waals surface area contributed by atoms with Crippen molar-refractivity contribution in [2.24, 2.45) is 5.92 Å². The number of likely N-dealkylation sites (tertiary alicyclic amines) is 1. The van der Waals surface area contributed by atoms with Gasteiger partial charge in [-0.2, -0.15) is 0 Å². The minimum absolute atomic E-state index is 0.00878. The summed E-state index contributed by atoms with van der Waals surface area (Å²) in [6.07, 6.45) is 11.9. The fourth-order valence-corrected chi connectivity index (χ4v) is 4.98. The van der Waals surface area contributed by atoms with Crippen LogP contribution in [0.25, 0.3) is 0 Å². The first-order chi connectivity index (χ1) is 14.8. The van der Waals surface area contributed by atoms with Crippen molar-refractivity contribution >= 4 is 5.91 Å². The number of hydrogen-bond acceptors (Lipinski definition) is 3. The average Bonchev–Trinajstić information content (AvgIpc) is 3.33. The molecule has 30 heavy (non-hydrogen) atoms. The molecule has 4 nitrogen and oxygen atoms in total. The van der Waals surface area contributed by atoms with Gasteiger partial charge in [-0.1, -0.05) is 42.0 Å². The first kappa shape index (κ1) is 20.8. The van der Waals surface area contributed by atoms with E-state index in [0.717, 1.165) is 30.9 Å². The lowest BCUT2D eigenvalue weighted by Crippen LogP contribution is -2.41. The lowest BCUT2D eigenvalue weighted by atomic mass is 9.78. The Balaban J connectivity index is 1.32. The number of pyridine rings is 1. The summed E-state index contributed by atoms with van der Waals surface area (Å²) >= 11 is 0. The summed E-state index contributed by atoms with van der Waals surface area (Å²) in [5.74, 6) is 0.728. The van der Waals surface area contributed by atoms with E-state index in [0.29, 0.717) is 12.6 Å². The van der Waals surface area contributed by atoms with Crippen LogP contribution in [0.3, 0.4) is 0 Å². The van der Waals surface area contributed by atoms with Gasteiger partial charge in [0.2, 0.25) is 5.91 Å². The van der Waals surface area contributed by atoms with E-state index in [2.05, 4.69) is 45.5 Å². The van der Waals surface area contributed by atoms with Gasteiger partial charge in [-0.3, -0.25) is 14.7 Å². The van der Waals surface area contributed by atoms with Crippen LogP contribution in [0, 0.1) is 5.92 Å². The Morgan fingerprint density at radius 3 is 2.50 bits per heavy atom. The van der Waals surface area contributed by atoms with Crippen molar-refractivity contribution in [3.05, 3.63) is 77.6 Å². The standard InChI is InChI=1S/C26H33N3O/c30-26(28-20-24-10-4-5-15-27-24)19-22-11-13-23(14-12-22)25(29-16-6-7-17-29)18-21-8-2-1-3-9-21/h1-5,8-10,15,19,23,25H,6-7,11-14,16-18,20H2,(H,28,30). The van der Waals surface area contributed by atoms with Crippen molar-refractivity contribution in [3.8, 4) is 0 Å². The molecule has 2 aromatic rings. The SMILES string of the molecule is O=C(C=C1CCC(C(Cc2ccccc2)N2CCCC2)CC1)NCc1ccccn1. The average molecular weight is 404 g/mol. The Morgan fingerprint density at radius 1 is 1.07 bits per heavy atom. The van der Waals surface area contributed by atoms with Crippen LogP contribution in [-0.2, 0) is 17.8 Å². The van der Waals surface area contributed by atoms with Crippen LogP contribution in [0.15, 0.2) is 66.4 Å². The first-order valence-electron chi connectivity index (χ1n) is 11.4. The second-order valence-corrected chi connectivity index (χ2v) is 8.68. The molecule has 2 fully saturated rings. The number of carbonyl (C=O) groups is 1. The molecule has 1 aromatic heterocycles. The molecule has 158 valence electrons. The number of allylic oxidation sites excluding steroid dienone is 1. The molecule has 1 saturated carbocycles. The molecular formula is C26H33N3O. The fraction of sp³-hybridized carbons (Fsp3) is 0.462. The maximum Gasteiger partial charge on any atom is 0.244 e. The molecular weight excluding hydrogens is 370 g/mol. The van der Waals surface area contributed by atoms with Gasteiger partial charge in [-0.25, -0.2) is 0 Å². The number of hydrogen-bond donors (Lipinski definition) is 1. The van der Waals surface area contributed by atoms with Gasteiger partial charge in [0.25, 0.3) is 0 Å². The molecule has 1 aliphatic carbocycles. The predicted molar refractivity (Wildman–Crippen MR) is 121 cm³/mol. The zero-order valence-electron chi connectivity index (χ0n) is 17.8. The second-order valence-electron chi connectivity index (χ2n) is 8.68. The molecule has 4 rings (SSSR count). The molecule has 0 bridgehead atoms. The van der Waals surface area contributed by atoms with Crippen molar-refractivity contribution in [1.29, 1.82) is 0 Å². The normalized spacial score (nSPS) is 20.7. The van der Waals surface area contributed by atoms with Gasteiger partial charge in [-0.05, 0) is 81.6 Å². The third kappa shape index (κ3) is 5.79. The quantitative estimate of drug-likeness (QED) is 0.691. The van der Waals surface area contributed by atoms with E-state index >= 15 is 0 Å². The minimum Gasteiger partial charge on any atom is -0.347 e. The van der Waals surface area contributed by atoms with E-state index in [1.165, 1.54) is 49.9 Å². The minimum atomic E-state index is 0.00878. The first-order valence-corrected chi connectivity index (χ1v) is 11.4. The highest BCUT2D eigenvalue weighted by Gasteiger charge is 2.31. The molecule has 1 N–H and O–H groups in total. The summed E-state index contributed by atoms with van der Waals surface area (Å²) < 4.78 is 0. The summed E-state index contributed by atoms with van der Waals surface area (Å²) in [6, 6.07) is 17.3. The van der Waals surface area contributed by atoms with Gasteiger partial charge in [0.1, 0.15) is 0 Å². The van der Waals surface area contributed by atoms with Crippen molar-refractivity contribution < 1.29 is 4.79 Å². The third-order valence-electron chi connectivity index (χ3n) is 6.62. The van der Waals surface area contributed by atoms with Gasteiger partial charge in [0.15, 0.2) is 0 Å². The molecule has 0 radical (unpaired) electrons. The van der Waals surface area contributed by atoms with Crippen LogP contribution < -0.4 is 5.32 Å². The third-order valence-corrected chi connectivity index (χ3v) is 6.62. The maximum atomic E-state index is 12.3. The number of carbonyl (C=O) groups excluding carboxylic acids is 1. The second kappa shape index (κ2) is 10.5. The predicted octanol–water partition coefficient (Wildman–Crippen LogP) is 4.52. The summed E-state index contributed by atoms with van der Waals surface area (Å²) in [5.41, 5.74) is 3.64. The summed E-state index contributed by atoms with van der Waals surface area (Å²) in [6.45, 7) is 2.97. The van der Waals surface area contributed by atoms with Crippen LogP contribution in [0.1, 0.15) is 49.8 Å². The van der Waals surface area contributed by atoms with Crippen molar-refractivity contribution in [1.82, 2.24) is 15.2 Å². The molecule has 1 atom stereocenters. The fourth-order valence-electron chi connectivity index (χ4n) is 4.98. The largest absolute Gasteiger partial charge is 0.347 e.